The second-order valence-corrected chi connectivity index (χ2v) is 4.54. The van der Waals surface area contributed by atoms with Crippen molar-refractivity contribution in [1.82, 2.24) is 5.32 Å². The van der Waals surface area contributed by atoms with Gasteiger partial charge in [-0.1, -0.05) is 6.07 Å². The van der Waals surface area contributed by atoms with Crippen molar-refractivity contribution in [3.05, 3.63) is 29.6 Å². The van der Waals surface area contributed by atoms with E-state index in [1.54, 1.807) is 12.1 Å². The van der Waals surface area contributed by atoms with Crippen LogP contribution in [-0.2, 0) is 9.47 Å². The Kier molecular flexibility index (Phi) is 3.35. The largest absolute Gasteiger partial charge is 0.447 e. The number of ether oxygens (including phenoxy) is 2. The van der Waals surface area contributed by atoms with E-state index >= 15 is 0 Å². The molecule has 1 aromatic rings. The Morgan fingerprint density at radius 2 is 2.26 bits per heavy atom. The van der Waals surface area contributed by atoms with Gasteiger partial charge in [-0.05, 0) is 12.1 Å². The maximum atomic E-state index is 14.1. The second kappa shape index (κ2) is 5.14. The van der Waals surface area contributed by atoms with Gasteiger partial charge < -0.3 is 14.8 Å². The van der Waals surface area contributed by atoms with E-state index in [9.17, 15) is 9.18 Å². The van der Waals surface area contributed by atoms with Gasteiger partial charge in [-0.25, -0.2) is 9.18 Å². The average Bonchev–Trinajstić information content (AvgIpc) is 2.86. The number of carbonyl (C=O) groups is 1. The number of benzene rings is 1. The van der Waals surface area contributed by atoms with Crippen LogP contribution in [0.4, 0.5) is 14.9 Å². The zero-order chi connectivity index (χ0) is 13.2. The van der Waals surface area contributed by atoms with Gasteiger partial charge in [0.2, 0.25) is 0 Å². The zero-order valence-corrected chi connectivity index (χ0v) is 10.4. The van der Waals surface area contributed by atoms with Crippen molar-refractivity contribution in [2.45, 2.75) is 6.10 Å². The predicted molar refractivity (Wildman–Crippen MR) is 66.7 cm³/mol. The number of hydrogen-bond acceptors (Lipinski definition) is 4. The molecule has 5 nitrogen and oxygen atoms in total. The van der Waals surface area contributed by atoms with Crippen LogP contribution in [0.2, 0.25) is 0 Å². The zero-order valence-electron chi connectivity index (χ0n) is 10.4. The molecular weight excluding hydrogens is 251 g/mol. The molecule has 2 saturated heterocycles. The van der Waals surface area contributed by atoms with Gasteiger partial charge in [-0.15, -0.1) is 0 Å². The summed E-state index contributed by atoms with van der Waals surface area (Å²) in [5.74, 6) is -0.356. The summed E-state index contributed by atoms with van der Waals surface area (Å²) in [6.07, 6.45) is -0.698. The molecule has 0 unspecified atom stereocenters. The van der Waals surface area contributed by atoms with E-state index in [0.717, 1.165) is 6.54 Å². The van der Waals surface area contributed by atoms with E-state index < -0.39 is 6.09 Å². The Bertz CT molecular complexity index is 489. The Labute approximate surface area is 110 Å². The highest BCUT2D eigenvalue weighted by Gasteiger charge is 2.25. The molecule has 2 heterocycles. The lowest BCUT2D eigenvalue weighted by Crippen LogP contribution is -2.33. The summed E-state index contributed by atoms with van der Waals surface area (Å²) in [5.41, 5.74) is 1.04. The molecule has 2 fully saturated rings. The molecule has 2 aliphatic heterocycles. The molecule has 0 aliphatic carbocycles. The maximum absolute atomic E-state index is 14.1. The molecule has 1 amide bonds. The molecule has 6 heteroatoms. The summed E-state index contributed by atoms with van der Waals surface area (Å²) < 4.78 is 24.5. The third-order valence-corrected chi connectivity index (χ3v) is 3.33. The van der Waals surface area contributed by atoms with E-state index in [0.29, 0.717) is 37.6 Å². The van der Waals surface area contributed by atoms with E-state index in [2.05, 4.69) is 5.32 Å². The first-order valence-electron chi connectivity index (χ1n) is 6.32. The number of hydrogen-bond donors (Lipinski definition) is 1. The molecule has 0 bridgehead atoms. The summed E-state index contributed by atoms with van der Waals surface area (Å²) in [6.45, 7) is 2.76. The highest BCUT2D eigenvalue weighted by atomic mass is 19.1. The first-order valence-corrected chi connectivity index (χ1v) is 6.32. The Morgan fingerprint density at radius 3 is 2.89 bits per heavy atom. The van der Waals surface area contributed by atoms with Gasteiger partial charge in [0.25, 0.3) is 0 Å². The van der Waals surface area contributed by atoms with Crippen LogP contribution in [0.1, 0.15) is 11.7 Å². The van der Waals surface area contributed by atoms with Crippen LogP contribution >= 0.6 is 0 Å². The normalized spacial score (nSPS) is 23.5. The summed E-state index contributed by atoms with van der Waals surface area (Å²) in [6, 6.07) is 4.76. The topological polar surface area (TPSA) is 50.8 Å². The molecule has 19 heavy (non-hydrogen) atoms. The van der Waals surface area contributed by atoms with E-state index in [1.165, 1.54) is 11.0 Å². The van der Waals surface area contributed by atoms with Crippen molar-refractivity contribution < 1.29 is 18.7 Å². The number of nitrogens with zero attached hydrogens (tertiary/aromatic N) is 1. The van der Waals surface area contributed by atoms with Gasteiger partial charge in [-0.2, -0.15) is 0 Å². The fraction of sp³-hybridized carbons (Fsp3) is 0.462. The molecule has 0 aromatic heterocycles. The SMILES string of the molecule is O=C1OCCN1c1ccc([C@@H]2CNCCO2)c(F)c1. The van der Waals surface area contributed by atoms with Crippen LogP contribution < -0.4 is 10.2 Å². The third kappa shape index (κ3) is 2.41. The molecule has 3 rings (SSSR count). The first kappa shape index (κ1) is 12.4. The minimum Gasteiger partial charge on any atom is -0.447 e. The number of morpholine rings is 1. The van der Waals surface area contributed by atoms with Crippen LogP contribution in [0.5, 0.6) is 0 Å². The fourth-order valence-corrected chi connectivity index (χ4v) is 2.34. The quantitative estimate of drug-likeness (QED) is 0.880. The molecule has 1 aromatic carbocycles. The van der Waals surface area contributed by atoms with E-state index in [-0.39, 0.29) is 11.9 Å². The lowest BCUT2D eigenvalue weighted by atomic mass is 10.1. The number of carbonyl (C=O) groups excluding carboxylic acids is 1. The second-order valence-electron chi connectivity index (χ2n) is 4.54. The van der Waals surface area contributed by atoms with E-state index in [1.807, 2.05) is 0 Å². The van der Waals surface area contributed by atoms with Crippen LogP contribution in [0.15, 0.2) is 18.2 Å². The van der Waals surface area contributed by atoms with Gasteiger partial charge in [0, 0.05) is 18.7 Å². The summed E-state index contributed by atoms with van der Waals surface area (Å²) >= 11 is 0. The first-order chi connectivity index (χ1) is 9.25. The lowest BCUT2D eigenvalue weighted by Gasteiger charge is -2.25. The van der Waals surface area contributed by atoms with Crippen LogP contribution in [0.25, 0.3) is 0 Å². The van der Waals surface area contributed by atoms with Crippen LogP contribution in [0.3, 0.4) is 0 Å². The van der Waals surface area contributed by atoms with Crippen molar-refractivity contribution >= 4 is 11.8 Å². The maximum Gasteiger partial charge on any atom is 0.414 e. The smallest absolute Gasteiger partial charge is 0.414 e. The molecule has 1 N–H and O–H groups in total. The van der Waals surface area contributed by atoms with Gasteiger partial charge >= 0.3 is 6.09 Å². The van der Waals surface area contributed by atoms with Gasteiger partial charge in [0.15, 0.2) is 0 Å². The fourth-order valence-electron chi connectivity index (χ4n) is 2.34. The molecule has 102 valence electrons. The molecule has 2 aliphatic rings. The highest BCUT2D eigenvalue weighted by molar-refractivity contribution is 5.89. The van der Waals surface area contributed by atoms with Crippen molar-refractivity contribution in [2.24, 2.45) is 0 Å². The number of amides is 1. The predicted octanol–water partition coefficient (Wildman–Crippen LogP) is 1.44. The molecular formula is C13H15FN2O3. The number of anilines is 1. The minimum absolute atomic E-state index is 0.270. The number of rotatable bonds is 2. The third-order valence-electron chi connectivity index (χ3n) is 3.33. The average molecular weight is 266 g/mol. The summed E-state index contributed by atoms with van der Waals surface area (Å²) in [4.78, 5) is 12.8. The number of nitrogens with one attached hydrogen (secondary N) is 1. The Morgan fingerprint density at radius 1 is 1.37 bits per heavy atom. The summed E-state index contributed by atoms with van der Waals surface area (Å²) in [5, 5.41) is 3.16. The van der Waals surface area contributed by atoms with Gasteiger partial charge in [0.1, 0.15) is 12.4 Å². The van der Waals surface area contributed by atoms with E-state index in [4.69, 9.17) is 9.47 Å². The van der Waals surface area contributed by atoms with Gasteiger partial charge in [-0.3, -0.25) is 4.90 Å². The minimum atomic E-state index is -0.428. The van der Waals surface area contributed by atoms with Crippen molar-refractivity contribution in [3.8, 4) is 0 Å². The molecule has 0 radical (unpaired) electrons. The highest BCUT2D eigenvalue weighted by Crippen LogP contribution is 2.27. The van der Waals surface area contributed by atoms with Gasteiger partial charge in [0.05, 0.1) is 24.9 Å². The Balaban J connectivity index is 1.82. The standard InChI is InChI=1S/C13H15FN2O3/c14-11-7-9(16-4-6-19-13(16)17)1-2-10(11)12-8-15-3-5-18-12/h1-2,7,12,15H,3-6,8H2/t12-/m0/s1. The van der Waals surface area contributed by atoms with Crippen LogP contribution in [0, 0.1) is 5.82 Å². The molecule has 1 atom stereocenters. The van der Waals surface area contributed by atoms with Crippen molar-refractivity contribution in [2.75, 3.05) is 37.7 Å². The summed E-state index contributed by atoms with van der Waals surface area (Å²) in [7, 11) is 0. The number of halogens is 1. The van der Waals surface area contributed by atoms with Crippen LogP contribution in [-0.4, -0.2) is 38.9 Å². The van der Waals surface area contributed by atoms with Crippen molar-refractivity contribution in [1.29, 1.82) is 0 Å². The monoisotopic (exact) mass is 266 g/mol. The molecule has 0 spiro atoms. The Hall–Kier alpha value is -1.66. The number of cyclic esters (lactones) is 1. The van der Waals surface area contributed by atoms with Crippen molar-refractivity contribution in [3.63, 3.8) is 0 Å². The lowest BCUT2D eigenvalue weighted by molar-refractivity contribution is 0.0255. The molecule has 0 saturated carbocycles.